The maximum atomic E-state index is 9.33. The van der Waals surface area contributed by atoms with Crippen LogP contribution in [-0.2, 0) is 0 Å². The van der Waals surface area contributed by atoms with E-state index in [2.05, 4.69) is 40.7 Å². The maximum Gasteiger partial charge on any atom is 0.0456 e. The summed E-state index contributed by atoms with van der Waals surface area (Å²) in [5.41, 5.74) is 3.07. The van der Waals surface area contributed by atoms with E-state index in [1.54, 1.807) is 0 Å². The average Bonchev–Trinajstić information content (AvgIpc) is 3.04. The molecule has 0 aliphatic heterocycles. The van der Waals surface area contributed by atoms with Crippen molar-refractivity contribution >= 4 is 0 Å². The SMILES string of the molecule is CC(CO)CCC[C@@H](C)[C@H]1CC[C@H]2C3=CCC4CCC(C)C[C@]4(C)[C@H]3CC[C@]12C. The third kappa shape index (κ3) is 3.77. The van der Waals surface area contributed by atoms with Crippen molar-refractivity contribution in [1.29, 1.82) is 0 Å². The van der Waals surface area contributed by atoms with Gasteiger partial charge in [-0.15, -0.1) is 0 Å². The quantitative estimate of drug-likeness (QED) is 0.454. The fourth-order valence-electron chi connectivity index (χ4n) is 8.97. The van der Waals surface area contributed by atoms with Gasteiger partial charge in [-0.3, -0.25) is 0 Å². The molecule has 0 aromatic carbocycles. The molecule has 1 N–H and O–H groups in total. The Morgan fingerprint density at radius 1 is 1.00 bits per heavy atom. The molecular weight excluding hydrogens is 352 g/mol. The van der Waals surface area contributed by atoms with Crippen molar-refractivity contribution in [2.75, 3.05) is 6.61 Å². The van der Waals surface area contributed by atoms with E-state index in [1.165, 1.54) is 70.6 Å². The average molecular weight is 401 g/mol. The van der Waals surface area contributed by atoms with Gasteiger partial charge in [0.25, 0.3) is 0 Å². The van der Waals surface area contributed by atoms with E-state index >= 15 is 0 Å². The van der Waals surface area contributed by atoms with Crippen LogP contribution >= 0.6 is 0 Å². The summed E-state index contributed by atoms with van der Waals surface area (Å²) in [6, 6.07) is 0. The van der Waals surface area contributed by atoms with Crippen molar-refractivity contribution in [2.24, 2.45) is 52.3 Å². The number of rotatable bonds is 6. The first kappa shape index (κ1) is 21.9. The summed E-state index contributed by atoms with van der Waals surface area (Å²) < 4.78 is 0. The highest BCUT2D eigenvalue weighted by molar-refractivity contribution is 5.27. The van der Waals surface area contributed by atoms with Gasteiger partial charge in [0.2, 0.25) is 0 Å². The van der Waals surface area contributed by atoms with Gasteiger partial charge >= 0.3 is 0 Å². The Bertz CT molecular complexity index is 607. The molecule has 3 fully saturated rings. The van der Waals surface area contributed by atoms with Gasteiger partial charge in [-0.05, 0) is 104 Å². The first-order chi connectivity index (χ1) is 13.8. The lowest BCUT2D eigenvalue weighted by Crippen LogP contribution is -2.49. The Morgan fingerprint density at radius 2 is 1.76 bits per heavy atom. The smallest absolute Gasteiger partial charge is 0.0456 e. The van der Waals surface area contributed by atoms with Crippen LogP contribution in [0.25, 0.3) is 0 Å². The molecule has 0 bridgehead atoms. The Kier molecular flexibility index (Phi) is 6.29. The van der Waals surface area contributed by atoms with Crippen molar-refractivity contribution in [3.8, 4) is 0 Å². The lowest BCUT2D eigenvalue weighted by Gasteiger charge is -2.58. The molecule has 1 heteroatoms. The molecular formula is C28H48O. The van der Waals surface area contributed by atoms with Gasteiger partial charge in [0.1, 0.15) is 0 Å². The zero-order valence-corrected chi connectivity index (χ0v) is 20.1. The van der Waals surface area contributed by atoms with Gasteiger partial charge in [0, 0.05) is 6.61 Å². The standard InChI is InChI=1S/C28H48O/c1-19-9-10-22-11-12-23-25-14-13-24(21(3)8-6-7-20(2)18-29)27(25,4)16-15-26(23)28(22,5)17-19/h12,19-22,24-26,29H,6-11,13-18H2,1-5H3/t19?,20?,21-,22?,24-,25+,26+,27-,28+/m1/s1. The molecule has 0 radical (unpaired) electrons. The molecule has 0 saturated heterocycles. The number of hydrogen-bond acceptors (Lipinski definition) is 1. The summed E-state index contributed by atoms with van der Waals surface area (Å²) in [6.07, 6.45) is 18.3. The van der Waals surface area contributed by atoms with E-state index < -0.39 is 0 Å². The van der Waals surface area contributed by atoms with E-state index in [4.69, 9.17) is 0 Å². The van der Waals surface area contributed by atoms with Crippen LogP contribution in [-0.4, -0.2) is 11.7 Å². The van der Waals surface area contributed by atoms with Crippen molar-refractivity contribution in [3.63, 3.8) is 0 Å². The van der Waals surface area contributed by atoms with Gasteiger partial charge in [-0.2, -0.15) is 0 Å². The minimum Gasteiger partial charge on any atom is -0.396 e. The fraction of sp³-hybridized carbons (Fsp3) is 0.929. The Morgan fingerprint density at radius 3 is 2.52 bits per heavy atom. The summed E-state index contributed by atoms with van der Waals surface area (Å²) in [7, 11) is 0. The lowest BCUT2D eigenvalue weighted by molar-refractivity contribution is -0.0213. The van der Waals surface area contributed by atoms with Crippen LogP contribution in [0.4, 0.5) is 0 Å². The van der Waals surface area contributed by atoms with E-state index in [9.17, 15) is 5.11 Å². The van der Waals surface area contributed by atoms with Crippen molar-refractivity contribution < 1.29 is 5.11 Å². The Labute approximate surface area is 181 Å². The maximum absolute atomic E-state index is 9.33. The second kappa shape index (κ2) is 8.33. The molecule has 0 aromatic rings. The molecule has 166 valence electrons. The topological polar surface area (TPSA) is 20.2 Å². The minimum atomic E-state index is 0.353. The first-order valence-electron chi connectivity index (χ1n) is 13.1. The monoisotopic (exact) mass is 400 g/mol. The van der Waals surface area contributed by atoms with Crippen LogP contribution in [0.2, 0.25) is 0 Å². The third-order valence-corrected chi connectivity index (χ3v) is 10.7. The van der Waals surface area contributed by atoms with Gasteiger partial charge < -0.3 is 5.11 Å². The molecule has 3 saturated carbocycles. The molecule has 4 aliphatic rings. The molecule has 0 spiro atoms. The van der Waals surface area contributed by atoms with E-state index in [1.807, 2.05) is 5.57 Å². The second-order valence-corrected chi connectivity index (χ2v) is 12.6. The second-order valence-electron chi connectivity index (χ2n) is 12.6. The number of fused-ring (bicyclic) bond motifs is 5. The highest BCUT2D eigenvalue weighted by atomic mass is 16.3. The zero-order chi connectivity index (χ0) is 20.8. The first-order valence-corrected chi connectivity index (χ1v) is 13.1. The van der Waals surface area contributed by atoms with Gasteiger partial charge in [0.15, 0.2) is 0 Å². The van der Waals surface area contributed by atoms with Crippen LogP contribution in [0.15, 0.2) is 11.6 Å². The summed E-state index contributed by atoms with van der Waals surface area (Å²) >= 11 is 0. The minimum absolute atomic E-state index is 0.353. The van der Waals surface area contributed by atoms with Gasteiger partial charge in [0.05, 0.1) is 0 Å². The third-order valence-electron chi connectivity index (χ3n) is 10.7. The van der Waals surface area contributed by atoms with E-state index in [-0.39, 0.29) is 0 Å². The van der Waals surface area contributed by atoms with Crippen LogP contribution in [0, 0.1) is 52.3 Å². The molecule has 9 atom stereocenters. The van der Waals surface area contributed by atoms with Crippen molar-refractivity contribution in [2.45, 2.75) is 105 Å². The summed E-state index contributed by atoms with van der Waals surface area (Å²) in [4.78, 5) is 0. The molecule has 0 heterocycles. The van der Waals surface area contributed by atoms with E-state index in [0.717, 1.165) is 35.5 Å². The summed E-state index contributed by atoms with van der Waals surface area (Å²) in [6.45, 7) is 13.0. The van der Waals surface area contributed by atoms with Crippen LogP contribution in [0.1, 0.15) is 105 Å². The largest absolute Gasteiger partial charge is 0.396 e. The Hall–Kier alpha value is -0.300. The zero-order valence-electron chi connectivity index (χ0n) is 20.1. The number of aliphatic hydroxyl groups excluding tert-OH is 1. The summed E-state index contributed by atoms with van der Waals surface area (Å²) in [5.74, 6) is 5.89. The van der Waals surface area contributed by atoms with Crippen molar-refractivity contribution in [1.82, 2.24) is 0 Å². The molecule has 0 aromatic heterocycles. The predicted molar refractivity (Wildman–Crippen MR) is 124 cm³/mol. The van der Waals surface area contributed by atoms with Crippen LogP contribution in [0.5, 0.6) is 0 Å². The number of allylic oxidation sites excluding steroid dienone is 2. The molecule has 4 aliphatic carbocycles. The highest BCUT2D eigenvalue weighted by Gasteiger charge is 2.57. The van der Waals surface area contributed by atoms with Gasteiger partial charge in [-0.1, -0.05) is 65.5 Å². The fourth-order valence-corrected chi connectivity index (χ4v) is 8.97. The highest BCUT2D eigenvalue weighted by Crippen LogP contribution is 2.67. The number of aliphatic hydroxyl groups is 1. The Balaban J connectivity index is 1.47. The number of hydrogen-bond donors (Lipinski definition) is 1. The van der Waals surface area contributed by atoms with Crippen molar-refractivity contribution in [3.05, 3.63) is 11.6 Å². The van der Waals surface area contributed by atoms with E-state index in [0.29, 0.717) is 23.4 Å². The summed E-state index contributed by atoms with van der Waals surface area (Å²) in [5, 5.41) is 9.33. The predicted octanol–water partition coefficient (Wildman–Crippen LogP) is 7.64. The lowest BCUT2D eigenvalue weighted by atomic mass is 9.47. The molecule has 3 unspecified atom stereocenters. The molecule has 29 heavy (non-hydrogen) atoms. The van der Waals surface area contributed by atoms with Crippen LogP contribution < -0.4 is 0 Å². The normalized spacial score (nSPS) is 46.3. The molecule has 4 rings (SSSR count). The molecule has 1 nitrogen and oxygen atoms in total. The van der Waals surface area contributed by atoms with Gasteiger partial charge in [-0.25, -0.2) is 0 Å². The van der Waals surface area contributed by atoms with Crippen LogP contribution in [0.3, 0.4) is 0 Å². The molecule has 0 amide bonds.